The molecule has 0 aromatic rings. The highest BCUT2D eigenvalue weighted by atomic mass is 28.3. The molecule has 0 unspecified atom stereocenters. The molecular weight excluding hydrogens is 225 g/mol. The minimum Gasteiger partial charge on any atom is -0.397 e. The van der Waals surface area contributed by atoms with E-state index in [1.54, 1.807) is 0 Å². The summed E-state index contributed by atoms with van der Waals surface area (Å²) < 4.78 is 46.5. The van der Waals surface area contributed by atoms with Gasteiger partial charge in [0.25, 0.3) is 0 Å². The van der Waals surface area contributed by atoms with E-state index in [1.807, 2.05) is 13.8 Å². The van der Waals surface area contributed by atoms with Gasteiger partial charge in [0.15, 0.2) is 0 Å². The van der Waals surface area contributed by atoms with Gasteiger partial charge in [0.2, 0.25) is 0 Å². The lowest BCUT2D eigenvalue weighted by Gasteiger charge is -2.16. The average Bonchev–Trinajstić information content (AvgIpc) is 2.15. The third-order valence-electron chi connectivity index (χ3n) is 1.68. The van der Waals surface area contributed by atoms with E-state index in [0.717, 1.165) is 12.8 Å². The first-order chi connectivity index (χ1) is 6.99. The van der Waals surface area contributed by atoms with E-state index >= 15 is 0 Å². The van der Waals surface area contributed by atoms with Crippen LogP contribution in [0.25, 0.3) is 0 Å². The molecule has 0 aliphatic heterocycles. The summed E-state index contributed by atoms with van der Waals surface area (Å²) in [6.45, 7) is 4.85. The highest BCUT2D eigenvalue weighted by molar-refractivity contribution is 6.44. The lowest BCUT2D eigenvalue weighted by atomic mass is 10.5. The van der Waals surface area contributed by atoms with Crippen LogP contribution in [0.1, 0.15) is 33.1 Å². The minimum atomic E-state index is -4.10. The van der Waals surface area contributed by atoms with Gasteiger partial charge in [-0.25, -0.2) is 0 Å². The van der Waals surface area contributed by atoms with Crippen molar-refractivity contribution >= 4 is 9.28 Å². The van der Waals surface area contributed by atoms with Crippen LogP contribution in [0.5, 0.6) is 0 Å². The minimum absolute atomic E-state index is 0.0174. The number of alkyl halides is 3. The highest BCUT2D eigenvalue weighted by Crippen LogP contribution is 2.23. The van der Waals surface area contributed by atoms with Crippen molar-refractivity contribution in [2.45, 2.75) is 45.3 Å². The van der Waals surface area contributed by atoms with Gasteiger partial charge in [-0.05, 0) is 18.9 Å². The average molecular weight is 244 g/mol. The molecule has 0 heterocycles. The Morgan fingerprint density at radius 2 is 1.47 bits per heavy atom. The number of hydrogen-bond donors (Lipinski definition) is 0. The van der Waals surface area contributed by atoms with Gasteiger partial charge in [-0.1, -0.05) is 13.8 Å². The number of hydrogen-bond acceptors (Lipinski definition) is 2. The summed E-state index contributed by atoms with van der Waals surface area (Å²) in [5.41, 5.74) is 0. The van der Waals surface area contributed by atoms with Gasteiger partial charge in [-0.15, -0.1) is 0 Å². The summed E-state index contributed by atoms with van der Waals surface area (Å²) in [6.07, 6.45) is -3.27. The fraction of sp³-hybridized carbons (Fsp3) is 1.00. The van der Waals surface area contributed by atoms with E-state index in [1.165, 1.54) is 0 Å². The SMILES string of the molecule is CCCO[SiH](CCC(F)(F)F)OCCC. The van der Waals surface area contributed by atoms with Crippen LogP contribution in [0.15, 0.2) is 0 Å². The summed E-state index contributed by atoms with van der Waals surface area (Å²) in [4.78, 5) is 0. The molecule has 0 rings (SSSR count). The van der Waals surface area contributed by atoms with Gasteiger partial charge in [-0.2, -0.15) is 13.2 Å². The Bertz CT molecular complexity index is 145. The summed E-state index contributed by atoms with van der Waals surface area (Å²) >= 11 is 0. The van der Waals surface area contributed by atoms with Crippen molar-refractivity contribution in [3.63, 3.8) is 0 Å². The van der Waals surface area contributed by atoms with E-state index in [0.29, 0.717) is 13.2 Å². The molecule has 92 valence electrons. The first-order valence-corrected chi connectivity index (χ1v) is 7.05. The Kier molecular flexibility index (Phi) is 8.08. The van der Waals surface area contributed by atoms with Gasteiger partial charge >= 0.3 is 15.5 Å². The topological polar surface area (TPSA) is 18.5 Å². The maximum absolute atomic E-state index is 12.0. The van der Waals surface area contributed by atoms with Gasteiger partial charge in [0, 0.05) is 19.6 Å². The van der Waals surface area contributed by atoms with E-state index in [9.17, 15) is 13.2 Å². The first-order valence-electron chi connectivity index (χ1n) is 5.29. The zero-order valence-corrected chi connectivity index (χ0v) is 10.4. The molecule has 0 aromatic heterocycles. The quantitative estimate of drug-likeness (QED) is 0.611. The van der Waals surface area contributed by atoms with E-state index < -0.39 is 21.9 Å². The normalized spacial score (nSPS) is 12.4. The van der Waals surface area contributed by atoms with Gasteiger partial charge < -0.3 is 8.85 Å². The van der Waals surface area contributed by atoms with Crippen LogP contribution in [0, 0.1) is 0 Å². The van der Waals surface area contributed by atoms with Crippen LogP contribution in [-0.2, 0) is 8.85 Å². The molecule has 15 heavy (non-hydrogen) atoms. The monoisotopic (exact) mass is 244 g/mol. The van der Waals surface area contributed by atoms with Crippen molar-refractivity contribution in [1.82, 2.24) is 0 Å². The smallest absolute Gasteiger partial charge is 0.389 e. The van der Waals surface area contributed by atoms with Gasteiger partial charge in [0.05, 0.1) is 0 Å². The van der Waals surface area contributed by atoms with Crippen molar-refractivity contribution in [2.24, 2.45) is 0 Å². The molecule has 0 N–H and O–H groups in total. The second-order valence-corrected chi connectivity index (χ2v) is 5.43. The predicted octanol–water partition coefficient (Wildman–Crippen LogP) is 3.01. The molecule has 0 atom stereocenters. The van der Waals surface area contributed by atoms with Crippen LogP contribution >= 0.6 is 0 Å². The Hall–Kier alpha value is -0.0731. The van der Waals surface area contributed by atoms with Gasteiger partial charge in [-0.3, -0.25) is 0 Å². The fourth-order valence-electron chi connectivity index (χ4n) is 0.995. The Labute approximate surface area is 90.6 Å². The largest absolute Gasteiger partial charge is 0.397 e. The fourth-order valence-corrected chi connectivity index (χ4v) is 2.98. The second kappa shape index (κ2) is 8.12. The third-order valence-corrected chi connectivity index (χ3v) is 3.65. The standard InChI is InChI=1S/C9H19F3O2Si/c1-3-6-13-15(14-7-4-2)8-5-9(10,11)12/h15H,3-8H2,1-2H3. The van der Waals surface area contributed by atoms with Crippen molar-refractivity contribution in [1.29, 1.82) is 0 Å². The van der Waals surface area contributed by atoms with Crippen LogP contribution in [0.4, 0.5) is 13.2 Å². The molecule has 0 fully saturated rings. The van der Waals surface area contributed by atoms with Crippen LogP contribution in [0.2, 0.25) is 6.04 Å². The predicted molar refractivity (Wildman–Crippen MR) is 55.1 cm³/mol. The number of halogens is 3. The third kappa shape index (κ3) is 10.2. The second-order valence-electron chi connectivity index (χ2n) is 3.32. The molecule has 0 radical (unpaired) electrons. The molecule has 0 aliphatic carbocycles. The molecule has 0 amide bonds. The molecule has 0 aliphatic rings. The lowest BCUT2D eigenvalue weighted by Crippen LogP contribution is -2.26. The molecule has 6 heteroatoms. The van der Waals surface area contributed by atoms with Crippen LogP contribution < -0.4 is 0 Å². The maximum atomic E-state index is 12.0. The van der Waals surface area contributed by atoms with Crippen molar-refractivity contribution < 1.29 is 22.0 Å². The molecule has 0 saturated carbocycles. The summed E-state index contributed by atoms with van der Waals surface area (Å²) in [6, 6.07) is 0.0174. The van der Waals surface area contributed by atoms with Crippen molar-refractivity contribution in [3.8, 4) is 0 Å². The van der Waals surface area contributed by atoms with Crippen LogP contribution in [-0.4, -0.2) is 28.7 Å². The summed E-state index contributed by atoms with van der Waals surface area (Å²) in [5.74, 6) is 0. The molecule has 0 spiro atoms. The van der Waals surface area contributed by atoms with Crippen LogP contribution in [0.3, 0.4) is 0 Å². The molecular formula is C9H19F3O2Si. The zero-order valence-electron chi connectivity index (χ0n) is 9.27. The van der Waals surface area contributed by atoms with Gasteiger partial charge in [0.1, 0.15) is 0 Å². The summed E-state index contributed by atoms with van der Waals surface area (Å²) in [7, 11) is -2.09. The Balaban J connectivity index is 3.78. The van der Waals surface area contributed by atoms with E-state index in [2.05, 4.69) is 0 Å². The van der Waals surface area contributed by atoms with E-state index in [4.69, 9.17) is 8.85 Å². The number of rotatable bonds is 8. The molecule has 0 aromatic carbocycles. The zero-order chi connectivity index (χ0) is 11.7. The lowest BCUT2D eigenvalue weighted by molar-refractivity contribution is -0.131. The highest BCUT2D eigenvalue weighted by Gasteiger charge is 2.29. The van der Waals surface area contributed by atoms with E-state index in [-0.39, 0.29) is 6.04 Å². The molecule has 2 nitrogen and oxygen atoms in total. The molecule has 0 saturated heterocycles. The Morgan fingerprint density at radius 1 is 1.00 bits per heavy atom. The first kappa shape index (κ1) is 14.9. The van der Waals surface area contributed by atoms with Crippen molar-refractivity contribution in [2.75, 3.05) is 13.2 Å². The Morgan fingerprint density at radius 3 is 1.80 bits per heavy atom. The molecule has 0 bridgehead atoms. The maximum Gasteiger partial charge on any atom is 0.389 e. The summed E-state index contributed by atoms with van der Waals surface area (Å²) in [5, 5.41) is 0. The van der Waals surface area contributed by atoms with Crippen molar-refractivity contribution in [3.05, 3.63) is 0 Å².